The monoisotopic (exact) mass is 428 g/mol. The fraction of sp³-hybridized carbons (Fsp3) is 0.125. The van der Waals surface area contributed by atoms with Crippen LogP contribution in [0.15, 0.2) is 82.2 Å². The van der Waals surface area contributed by atoms with Gasteiger partial charge in [-0.3, -0.25) is 9.59 Å². The topological polar surface area (TPSA) is 90.8 Å². The highest BCUT2D eigenvalue weighted by Crippen LogP contribution is 2.23. The van der Waals surface area contributed by atoms with Crippen LogP contribution >= 0.6 is 0 Å². The number of nitrogens with zero attached hydrogens (tertiary/aromatic N) is 3. The van der Waals surface area contributed by atoms with Crippen molar-refractivity contribution >= 4 is 22.7 Å². The Bertz CT molecular complexity index is 1460. The second-order valence-corrected chi connectivity index (χ2v) is 7.27. The van der Waals surface area contributed by atoms with Crippen LogP contribution in [0.4, 0.5) is 0 Å². The molecule has 0 bridgehead atoms. The smallest absolute Gasteiger partial charge is 0.260 e. The number of carbonyl (C=O) groups excluding carboxylic acids is 1. The number of methoxy groups -OCH3 is 1. The van der Waals surface area contributed by atoms with E-state index < -0.39 is 0 Å². The molecule has 0 atom stereocenters. The first-order valence-corrected chi connectivity index (χ1v) is 10.1. The van der Waals surface area contributed by atoms with Crippen molar-refractivity contribution in [3.05, 3.63) is 89.1 Å². The lowest BCUT2D eigenvalue weighted by atomic mass is 10.1. The molecule has 5 aromatic rings. The molecule has 160 valence electrons. The van der Waals surface area contributed by atoms with Gasteiger partial charge in [0.15, 0.2) is 0 Å². The largest absolute Gasteiger partial charge is 0.497 e. The Morgan fingerprint density at radius 2 is 1.84 bits per heavy atom. The van der Waals surface area contributed by atoms with Gasteiger partial charge in [-0.2, -0.15) is 0 Å². The molecule has 1 N–H and O–H groups in total. The highest BCUT2D eigenvalue weighted by atomic mass is 16.5. The van der Waals surface area contributed by atoms with Crippen LogP contribution in [-0.4, -0.2) is 27.0 Å². The number of benzene rings is 2. The third-order valence-corrected chi connectivity index (χ3v) is 5.28. The van der Waals surface area contributed by atoms with Crippen molar-refractivity contribution in [3.8, 4) is 17.0 Å². The molecule has 8 nitrogen and oxygen atoms in total. The Morgan fingerprint density at radius 1 is 1.06 bits per heavy atom. The second-order valence-electron chi connectivity index (χ2n) is 7.27. The zero-order valence-corrected chi connectivity index (χ0v) is 17.3. The van der Waals surface area contributed by atoms with E-state index in [-0.39, 0.29) is 24.6 Å². The van der Waals surface area contributed by atoms with Gasteiger partial charge < -0.3 is 19.0 Å². The van der Waals surface area contributed by atoms with E-state index >= 15 is 0 Å². The van der Waals surface area contributed by atoms with Crippen LogP contribution in [0.25, 0.3) is 28.1 Å². The number of ether oxygens (including phenoxy) is 1. The molecule has 0 spiro atoms. The molecule has 3 heterocycles. The Hall–Kier alpha value is -4.33. The summed E-state index contributed by atoms with van der Waals surface area (Å²) in [7, 11) is 1.60. The predicted molar refractivity (Wildman–Crippen MR) is 120 cm³/mol. The summed E-state index contributed by atoms with van der Waals surface area (Å²) in [6.45, 7) is 0.295. The van der Waals surface area contributed by atoms with Gasteiger partial charge in [0, 0.05) is 11.6 Å². The Kier molecular flexibility index (Phi) is 4.95. The summed E-state index contributed by atoms with van der Waals surface area (Å²) in [4.78, 5) is 30.5. The lowest BCUT2D eigenvalue weighted by molar-refractivity contribution is -0.121. The van der Waals surface area contributed by atoms with Gasteiger partial charge in [0.1, 0.15) is 18.1 Å². The fourth-order valence-electron chi connectivity index (χ4n) is 3.73. The molecule has 0 unspecified atom stereocenters. The number of hydrogen-bond donors (Lipinski definition) is 1. The average molecular weight is 428 g/mol. The summed E-state index contributed by atoms with van der Waals surface area (Å²) in [5.41, 5.74) is 2.53. The van der Waals surface area contributed by atoms with Crippen molar-refractivity contribution in [2.24, 2.45) is 0 Å². The van der Waals surface area contributed by atoms with E-state index in [9.17, 15) is 9.59 Å². The zero-order chi connectivity index (χ0) is 22.1. The molecule has 3 aromatic heterocycles. The number of aromatic nitrogens is 3. The lowest BCUT2D eigenvalue weighted by Gasteiger charge is -2.08. The number of para-hydroxylation sites is 2. The summed E-state index contributed by atoms with van der Waals surface area (Å²) >= 11 is 0. The zero-order valence-electron chi connectivity index (χ0n) is 17.3. The van der Waals surface area contributed by atoms with Gasteiger partial charge in [-0.1, -0.05) is 12.1 Å². The molecule has 5 rings (SSSR count). The molecule has 1 amide bonds. The van der Waals surface area contributed by atoms with E-state index in [4.69, 9.17) is 14.1 Å². The number of amides is 1. The number of furan rings is 1. The van der Waals surface area contributed by atoms with Gasteiger partial charge >= 0.3 is 0 Å². The molecular formula is C24H20N4O4. The van der Waals surface area contributed by atoms with E-state index in [0.717, 1.165) is 11.1 Å². The number of nitrogens with one attached hydrogen (secondary N) is 1. The van der Waals surface area contributed by atoms with Crippen LogP contribution in [-0.2, 0) is 17.9 Å². The number of imidazole rings is 1. The van der Waals surface area contributed by atoms with Gasteiger partial charge in [-0.05, 0) is 48.5 Å². The number of carbonyl (C=O) groups is 1. The van der Waals surface area contributed by atoms with Gasteiger partial charge in [-0.15, -0.1) is 0 Å². The molecule has 0 saturated carbocycles. The van der Waals surface area contributed by atoms with Crippen LogP contribution in [0.3, 0.4) is 0 Å². The summed E-state index contributed by atoms with van der Waals surface area (Å²) in [5, 5.41) is 2.84. The van der Waals surface area contributed by atoms with E-state index in [1.807, 2.05) is 48.5 Å². The first-order chi connectivity index (χ1) is 15.6. The first kappa shape index (κ1) is 19.6. The Balaban J connectivity index is 1.58. The molecule has 0 fully saturated rings. The molecule has 2 aromatic carbocycles. The van der Waals surface area contributed by atoms with Gasteiger partial charge in [0.2, 0.25) is 11.7 Å². The van der Waals surface area contributed by atoms with Gasteiger partial charge in [-0.25, -0.2) is 9.38 Å². The molecule has 0 saturated heterocycles. The molecule has 8 heteroatoms. The van der Waals surface area contributed by atoms with Crippen LogP contribution in [0.5, 0.6) is 5.75 Å². The highest BCUT2D eigenvalue weighted by molar-refractivity contribution is 5.85. The van der Waals surface area contributed by atoms with Crippen molar-refractivity contribution in [1.82, 2.24) is 19.3 Å². The maximum Gasteiger partial charge on any atom is 0.260 e. The van der Waals surface area contributed by atoms with Crippen molar-refractivity contribution in [2.45, 2.75) is 13.1 Å². The average Bonchev–Trinajstić information content (AvgIpc) is 3.45. The quantitative estimate of drug-likeness (QED) is 0.448. The summed E-state index contributed by atoms with van der Waals surface area (Å²) in [6, 6.07) is 19.8. The van der Waals surface area contributed by atoms with Crippen molar-refractivity contribution < 1.29 is 13.9 Å². The SMILES string of the molecule is COc1ccc(-c2cc(=O)n3c4ccccc4n(CC(=O)NCc4ccco4)c3n2)cc1. The number of rotatable bonds is 6. The highest BCUT2D eigenvalue weighted by Gasteiger charge is 2.17. The van der Waals surface area contributed by atoms with Crippen molar-refractivity contribution in [3.63, 3.8) is 0 Å². The molecule has 0 aliphatic heterocycles. The van der Waals surface area contributed by atoms with E-state index in [1.165, 1.54) is 10.5 Å². The maximum atomic E-state index is 13.1. The molecule has 32 heavy (non-hydrogen) atoms. The van der Waals surface area contributed by atoms with Crippen LogP contribution < -0.4 is 15.6 Å². The molecule has 0 aliphatic rings. The minimum Gasteiger partial charge on any atom is -0.497 e. The molecular weight excluding hydrogens is 408 g/mol. The lowest BCUT2D eigenvalue weighted by Crippen LogP contribution is -2.27. The van der Waals surface area contributed by atoms with Gasteiger partial charge in [0.25, 0.3) is 5.56 Å². The minimum atomic E-state index is -0.216. The maximum absolute atomic E-state index is 13.1. The minimum absolute atomic E-state index is 0.0101. The summed E-state index contributed by atoms with van der Waals surface area (Å²) < 4.78 is 13.8. The molecule has 0 radical (unpaired) electrons. The summed E-state index contributed by atoms with van der Waals surface area (Å²) in [6.07, 6.45) is 1.56. The summed E-state index contributed by atoms with van der Waals surface area (Å²) in [5.74, 6) is 1.57. The fourth-order valence-corrected chi connectivity index (χ4v) is 3.73. The van der Waals surface area contributed by atoms with E-state index in [0.29, 0.717) is 28.5 Å². The van der Waals surface area contributed by atoms with Crippen LogP contribution in [0.2, 0.25) is 0 Å². The normalized spacial score (nSPS) is 11.2. The van der Waals surface area contributed by atoms with E-state index in [2.05, 4.69) is 5.32 Å². The van der Waals surface area contributed by atoms with Gasteiger partial charge in [0.05, 0.1) is 36.6 Å². The first-order valence-electron chi connectivity index (χ1n) is 10.1. The van der Waals surface area contributed by atoms with Crippen molar-refractivity contribution in [1.29, 1.82) is 0 Å². The predicted octanol–water partition coefficient (Wildman–Crippen LogP) is 3.23. The molecule has 0 aliphatic carbocycles. The second kappa shape index (κ2) is 8.07. The van der Waals surface area contributed by atoms with Crippen LogP contribution in [0.1, 0.15) is 5.76 Å². The standard InChI is InChI=1S/C24H20N4O4/c1-31-17-10-8-16(9-11-17)19-13-23(30)28-21-7-3-2-6-20(21)27(24(28)26-19)15-22(29)25-14-18-5-4-12-32-18/h2-13H,14-15H2,1H3,(H,25,29). The third-order valence-electron chi connectivity index (χ3n) is 5.28. The van der Waals surface area contributed by atoms with E-state index in [1.54, 1.807) is 30.1 Å². The number of hydrogen-bond acceptors (Lipinski definition) is 5. The third kappa shape index (κ3) is 3.51. The van der Waals surface area contributed by atoms with Crippen molar-refractivity contribution in [2.75, 3.05) is 7.11 Å². The van der Waals surface area contributed by atoms with Crippen LogP contribution in [0, 0.1) is 0 Å². The number of fused-ring (bicyclic) bond motifs is 3. The Morgan fingerprint density at radius 3 is 2.56 bits per heavy atom. The Labute approximate surface area is 182 Å².